The predicted octanol–water partition coefficient (Wildman–Crippen LogP) is 2.23. The van der Waals surface area contributed by atoms with Gasteiger partial charge in [-0.25, -0.2) is 9.55 Å². The Labute approximate surface area is 113 Å². The minimum atomic E-state index is -0.555. The van der Waals surface area contributed by atoms with Crippen molar-refractivity contribution in [3.63, 3.8) is 0 Å². The van der Waals surface area contributed by atoms with Gasteiger partial charge in [0, 0.05) is 18.0 Å². The highest BCUT2D eigenvalue weighted by molar-refractivity contribution is 6.29. The number of hydrogen-bond acceptors (Lipinski definition) is 4. The zero-order valence-corrected chi connectivity index (χ0v) is 10.6. The molecular weight excluding hydrogens is 272 g/mol. The fraction of sp³-hybridized carbons (Fsp3) is 0.0909. The van der Waals surface area contributed by atoms with Crippen LogP contribution in [0.5, 0.6) is 0 Å². The van der Waals surface area contributed by atoms with Crippen LogP contribution in [0.25, 0.3) is 0 Å². The van der Waals surface area contributed by atoms with E-state index in [1.807, 2.05) is 0 Å². The molecule has 7 nitrogen and oxygen atoms in total. The molecule has 1 N–H and O–H groups in total. The number of rotatable bonds is 3. The predicted molar refractivity (Wildman–Crippen MR) is 69.3 cm³/mol. The highest BCUT2D eigenvalue weighted by atomic mass is 35.5. The van der Waals surface area contributed by atoms with Crippen LogP contribution in [0.1, 0.15) is 10.5 Å². The van der Waals surface area contributed by atoms with Crippen LogP contribution in [0.2, 0.25) is 5.15 Å². The van der Waals surface area contributed by atoms with Crippen molar-refractivity contribution in [1.29, 1.82) is 0 Å². The van der Waals surface area contributed by atoms with Gasteiger partial charge in [-0.15, -0.1) is 0 Å². The summed E-state index contributed by atoms with van der Waals surface area (Å²) in [6.07, 6.45) is 1.45. The Morgan fingerprint density at radius 1 is 1.47 bits per heavy atom. The molecule has 0 unspecified atom stereocenters. The molecule has 2 heterocycles. The average Bonchev–Trinajstić information content (AvgIpc) is 2.71. The van der Waals surface area contributed by atoms with Crippen molar-refractivity contribution in [3.05, 3.63) is 51.4 Å². The van der Waals surface area contributed by atoms with Gasteiger partial charge in [-0.05, 0) is 23.1 Å². The smallest absolute Gasteiger partial charge is 0.323 e. The summed E-state index contributed by atoms with van der Waals surface area (Å²) < 4.78 is 1.21. The van der Waals surface area contributed by atoms with Gasteiger partial charge in [0.1, 0.15) is 5.15 Å². The van der Waals surface area contributed by atoms with E-state index in [0.29, 0.717) is 5.69 Å². The molecule has 0 atom stereocenters. The SMILES string of the molecule is Cn1c(C(=O)Nc2ccnc(Cl)c2)ccc1[N+](=O)[O-]. The Morgan fingerprint density at radius 3 is 2.79 bits per heavy atom. The first-order valence-corrected chi connectivity index (χ1v) is 5.60. The third-order valence-corrected chi connectivity index (χ3v) is 2.71. The number of nitrogens with one attached hydrogen (secondary N) is 1. The summed E-state index contributed by atoms with van der Waals surface area (Å²) in [5.74, 6) is -0.615. The van der Waals surface area contributed by atoms with Crippen LogP contribution in [0.3, 0.4) is 0 Å². The Kier molecular flexibility index (Phi) is 3.48. The van der Waals surface area contributed by atoms with Crippen molar-refractivity contribution >= 4 is 29.0 Å². The average molecular weight is 281 g/mol. The maximum atomic E-state index is 12.0. The van der Waals surface area contributed by atoms with E-state index in [9.17, 15) is 14.9 Å². The van der Waals surface area contributed by atoms with Crippen LogP contribution in [0.15, 0.2) is 30.5 Å². The van der Waals surface area contributed by atoms with Crippen molar-refractivity contribution in [2.75, 3.05) is 5.32 Å². The van der Waals surface area contributed by atoms with Crippen LogP contribution in [0, 0.1) is 10.1 Å². The zero-order chi connectivity index (χ0) is 14.0. The second-order valence-electron chi connectivity index (χ2n) is 3.71. The first-order chi connectivity index (χ1) is 8.99. The molecule has 0 radical (unpaired) electrons. The van der Waals surface area contributed by atoms with E-state index in [4.69, 9.17) is 11.6 Å². The number of aromatic nitrogens is 2. The highest BCUT2D eigenvalue weighted by Crippen LogP contribution is 2.17. The highest BCUT2D eigenvalue weighted by Gasteiger charge is 2.20. The molecule has 2 aromatic rings. The molecule has 0 bridgehead atoms. The second kappa shape index (κ2) is 5.07. The molecule has 2 rings (SSSR count). The standard InChI is InChI=1S/C11H9ClN4O3/c1-15-8(2-3-10(15)16(18)19)11(17)14-7-4-5-13-9(12)6-7/h2-6H,1H3,(H,13,14,17). The van der Waals surface area contributed by atoms with Gasteiger partial charge in [0.25, 0.3) is 5.91 Å². The van der Waals surface area contributed by atoms with Gasteiger partial charge in [-0.3, -0.25) is 4.79 Å². The van der Waals surface area contributed by atoms with Crippen molar-refractivity contribution in [1.82, 2.24) is 9.55 Å². The number of amides is 1. The molecule has 98 valence electrons. The van der Waals surface area contributed by atoms with Crippen LogP contribution >= 0.6 is 11.6 Å². The van der Waals surface area contributed by atoms with Crippen LogP contribution in [-0.4, -0.2) is 20.4 Å². The first-order valence-electron chi connectivity index (χ1n) is 5.22. The monoisotopic (exact) mass is 280 g/mol. The number of carbonyl (C=O) groups excluding carboxylic acids is 1. The Morgan fingerprint density at radius 2 is 2.21 bits per heavy atom. The molecule has 2 aromatic heterocycles. The van der Waals surface area contributed by atoms with Crippen molar-refractivity contribution in [2.45, 2.75) is 0 Å². The van der Waals surface area contributed by atoms with Crippen LogP contribution < -0.4 is 5.32 Å². The maximum absolute atomic E-state index is 12.0. The van der Waals surface area contributed by atoms with Gasteiger partial charge in [0.2, 0.25) is 0 Å². The summed E-state index contributed by atoms with van der Waals surface area (Å²) in [5, 5.41) is 13.5. The topological polar surface area (TPSA) is 90.1 Å². The fourth-order valence-corrected chi connectivity index (χ4v) is 1.76. The number of halogens is 1. The van der Waals surface area contributed by atoms with Crippen molar-refractivity contribution < 1.29 is 9.72 Å². The van der Waals surface area contributed by atoms with Crippen LogP contribution in [-0.2, 0) is 7.05 Å². The minimum Gasteiger partial charge on any atom is -0.358 e. The summed E-state index contributed by atoms with van der Waals surface area (Å²) in [6.45, 7) is 0. The lowest BCUT2D eigenvalue weighted by molar-refractivity contribution is -0.391. The number of anilines is 1. The number of pyridine rings is 1. The molecule has 8 heteroatoms. The van der Waals surface area contributed by atoms with E-state index in [1.54, 1.807) is 6.07 Å². The quantitative estimate of drug-likeness (QED) is 0.530. The Balaban J connectivity index is 2.23. The van der Waals surface area contributed by atoms with Crippen LogP contribution in [0.4, 0.5) is 11.5 Å². The van der Waals surface area contributed by atoms with Crippen molar-refractivity contribution in [2.24, 2.45) is 7.05 Å². The number of hydrogen-bond donors (Lipinski definition) is 1. The number of carbonyl (C=O) groups is 1. The molecule has 0 aliphatic heterocycles. The minimum absolute atomic E-state index is 0.155. The van der Waals surface area contributed by atoms with Crippen molar-refractivity contribution in [3.8, 4) is 0 Å². The van der Waals surface area contributed by atoms with E-state index in [-0.39, 0.29) is 16.7 Å². The summed E-state index contributed by atoms with van der Waals surface area (Å²) in [7, 11) is 1.45. The lowest BCUT2D eigenvalue weighted by Crippen LogP contribution is -2.16. The molecule has 1 amide bonds. The lowest BCUT2D eigenvalue weighted by Gasteiger charge is -2.04. The van der Waals surface area contributed by atoms with Gasteiger partial charge >= 0.3 is 5.82 Å². The van der Waals surface area contributed by atoms with Gasteiger partial charge in [0.05, 0.1) is 7.05 Å². The maximum Gasteiger partial charge on any atom is 0.323 e. The first kappa shape index (κ1) is 13.0. The summed E-state index contributed by atoms with van der Waals surface area (Å²) >= 11 is 5.69. The van der Waals surface area contributed by atoms with Gasteiger partial charge in [-0.2, -0.15) is 0 Å². The van der Waals surface area contributed by atoms with E-state index in [0.717, 1.165) is 0 Å². The summed E-state index contributed by atoms with van der Waals surface area (Å²) in [4.78, 5) is 25.9. The third-order valence-electron chi connectivity index (χ3n) is 2.50. The van der Waals surface area contributed by atoms with Gasteiger partial charge in [-0.1, -0.05) is 11.6 Å². The van der Waals surface area contributed by atoms with E-state index in [2.05, 4.69) is 10.3 Å². The summed E-state index contributed by atoms with van der Waals surface area (Å²) in [6, 6.07) is 5.71. The molecule has 0 saturated carbocycles. The molecule has 0 fully saturated rings. The van der Waals surface area contributed by atoms with Gasteiger partial charge in [0.15, 0.2) is 5.69 Å². The number of nitro groups is 1. The number of nitrogens with zero attached hydrogens (tertiary/aromatic N) is 3. The Hall–Kier alpha value is -2.41. The normalized spacial score (nSPS) is 10.2. The molecule has 0 aromatic carbocycles. The fourth-order valence-electron chi connectivity index (χ4n) is 1.59. The molecule has 0 aliphatic rings. The largest absolute Gasteiger partial charge is 0.358 e. The van der Waals surface area contributed by atoms with E-state index in [1.165, 1.54) is 36.0 Å². The Bertz CT molecular complexity index is 653. The summed E-state index contributed by atoms with van der Waals surface area (Å²) in [5.41, 5.74) is 0.647. The molecule has 0 aliphatic carbocycles. The third kappa shape index (κ3) is 2.71. The molecule has 0 spiro atoms. The lowest BCUT2D eigenvalue weighted by atomic mass is 10.3. The molecule has 0 saturated heterocycles. The second-order valence-corrected chi connectivity index (χ2v) is 4.10. The zero-order valence-electron chi connectivity index (χ0n) is 9.83. The van der Waals surface area contributed by atoms with E-state index >= 15 is 0 Å². The molecule has 19 heavy (non-hydrogen) atoms. The molecular formula is C11H9ClN4O3. The van der Waals surface area contributed by atoms with Gasteiger partial charge < -0.3 is 15.4 Å². The van der Waals surface area contributed by atoms with E-state index < -0.39 is 10.8 Å².